The molecule has 0 saturated carbocycles. The minimum atomic E-state index is -3.41. The Morgan fingerprint density at radius 3 is 3.00 bits per heavy atom. The Morgan fingerprint density at radius 2 is 2.41 bits per heavy atom. The van der Waals surface area contributed by atoms with Crippen molar-refractivity contribution < 1.29 is 13.2 Å². The molecule has 0 N–H and O–H groups in total. The zero-order valence-electron chi connectivity index (χ0n) is 9.74. The van der Waals surface area contributed by atoms with E-state index in [9.17, 15) is 8.42 Å². The molecule has 1 aliphatic heterocycles. The van der Waals surface area contributed by atoms with Crippen molar-refractivity contribution in [3.8, 4) is 0 Å². The fourth-order valence-electron chi connectivity index (χ4n) is 1.87. The maximum Gasteiger partial charge on any atom is 0.244 e. The second-order valence-corrected chi connectivity index (χ2v) is 6.25. The van der Waals surface area contributed by atoms with Crippen molar-refractivity contribution in [3.63, 3.8) is 0 Å². The summed E-state index contributed by atoms with van der Waals surface area (Å²) in [5.41, 5.74) is 0. The number of sulfonamides is 1. The minimum Gasteiger partial charge on any atom is -0.381 e. The van der Waals surface area contributed by atoms with Crippen LogP contribution in [0, 0.1) is 5.92 Å². The summed E-state index contributed by atoms with van der Waals surface area (Å²) in [6.45, 7) is 1.87. The Hall–Kier alpha value is -0.980. The molecule has 6 heteroatoms. The third-order valence-electron chi connectivity index (χ3n) is 2.88. The summed E-state index contributed by atoms with van der Waals surface area (Å²) in [4.78, 5) is 4.07. The topological polar surface area (TPSA) is 59.5 Å². The molecule has 94 valence electrons. The average molecular weight is 256 g/mol. The second-order valence-electron chi connectivity index (χ2n) is 4.20. The second kappa shape index (κ2) is 5.12. The van der Waals surface area contributed by atoms with Crippen molar-refractivity contribution >= 4 is 10.0 Å². The highest BCUT2D eigenvalue weighted by molar-refractivity contribution is 7.89. The largest absolute Gasteiger partial charge is 0.381 e. The summed E-state index contributed by atoms with van der Waals surface area (Å²) in [7, 11) is -1.81. The van der Waals surface area contributed by atoms with Crippen LogP contribution in [0.25, 0.3) is 0 Å². The molecule has 17 heavy (non-hydrogen) atoms. The molecule has 1 aromatic rings. The van der Waals surface area contributed by atoms with Crippen LogP contribution in [0.5, 0.6) is 0 Å². The van der Waals surface area contributed by atoms with Gasteiger partial charge in [0.2, 0.25) is 10.0 Å². The molecule has 2 rings (SSSR count). The molecule has 0 aromatic carbocycles. The zero-order valence-corrected chi connectivity index (χ0v) is 10.6. The summed E-state index contributed by atoms with van der Waals surface area (Å²) >= 11 is 0. The summed E-state index contributed by atoms with van der Waals surface area (Å²) in [6, 6.07) is 3.18. The summed E-state index contributed by atoms with van der Waals surface area (Å²) in [6.07, 6.45) is 3.85. The van der Waals surface area contributed by atoms with Gasteiger partial charge >= 0.3 is 0 Å². The molecule has 2 heterocycles. The van der Waals surface area contributed by atoms with Crippen LogP contribution < -0.4 is 0 Å². The van der Waals surface area contributed by atoms with E-state index in [4.69, 9.17) is 4.74 Å². The highest BCUT2D eigenvalue weighted by atomic mass is 32.2. The van der Waals surface area contributed by atoms with Crippen LogP contribution >= 0.6 is 0 Å². The summed E-state index contributed by atoms with van der Waals surface area (Å²) < 4.78 is 31.0. The van der Waals surface area contributed by atoms with Crippen LogP contribution in [-0.2, 0) is 14.8 Å². The van der Waals surface area contributed by atoms with E-state index in [0.29, 0.717) is 19.1 Å². The van der Waals surface area contributed by atoms with Crippen LogP contribution in [0.1, 0.15) is 6.42 Å². The number of aromatic nitrogens is 1. The van der Waals surface area contributed by atoms with Gasteiger partial charge in [-0.1, -0.05) is 0 Å². The molecule has 1 aromatic heterocycles. The summed E-state index contributed by atoms with van der Waals surface area (Å²) in [5, 5.41) is 0. The molecular formula is C11H16N2O3S. The van der Waals surface area contributed by atoms with E-state index in [0.717, 1.165) is 13.0 Å². The van der Waals surface area contributed by atoms with Gasteiger partial charge in [-0.25, -0.2) is 12.7 Å². The number of hydrogen-bond donors (Lipinski definition) is 0. The van der Waals surface area contributed by atoms with Gasteiger partial charge in [-0.05, 0) is 24.5 Å². The van der Waals surface area contributed by atoms with Gasteiger partial charge in [0, 0.05) is 32.6 Å². The molecule has 0 radical (unpaired) electrons. The first-order chi connectivity index (χ1) is 8.10. The van der Waals surface area contributed by atoms with Crippen molar-refractivity contribution in [2.24, 2.45) is 5.92 Å². The first-order valence-corrected chi connectivity index (χ1v) is 6.99. The maximum absolute atomic E-state index is 12.2. The van der Waals surface area contributed by atoms with Crippen LogP contribution in [0.4, 0.5) is 0 Å². The quantitative estimate of drug-likeness (QED) is 0.797. The fourth-order valence-corrected chi connectivity index (χ4v) is 3.08. The van der Waals surface area contributed by atoms with Gasteiger partial charge in [0.1, 0.15) is 4.90 Å². The van der Waals surface area contributed by atoms with Crippen LogP contribution in [0.3, 0.4) is 0 Å². The van der Waals surface area contributed by atoms with Gasteiger partial charge in [0.15, 0.2) is 0 Å². The molecule has 1 saturated heterocycles. The van der Waals surface area contributed by atoms with E-state index in [2.05, 4.69) is 4.98 Å². The molecule has 1 atom stereocenters. The van der Waals surface area contributed by atoms with E-state index >= 15 is 0 Å². The lowest BCUT2D eigenvalue weighted by Gasteiger charge is -2.19. The van der Waals surface area contributed by atoms with E-state index in [1.807, 2.05) is 0 Å². The van der Waals surface area contributed by atoms with Crippen molar-refractivity contribution in [1.82, 2.24) is 9.29 Å². The molecule has 0 bridgehead atoms. The zero-order chi connectivity index (χ0) is 12.3. The van der Waals surface area contributed by atoms with Crippen molar-refractivity contribution in [1.29, 1.82) is 0 Å². The number of pyridine rings is 1. The molecule has 0 spiro atoms. The van der Waals surface area contributed by atoms with E-state index < -0.39 is 10.0 Å². The normalized spacial score (nSPS) is 20.9. The molecule has 0 aliphatic carbocycles. The lowest BCUT2D eigenvalue weighted by molar-refractivity contribution is 0.182. The van der Waals surface area contributed by atoms with E-state index in [1.165, 1.54) is 10.5 Å². The number of hydrogen-bond acceptors (Lipinski definition) is 4. The third kappa shape index (κ3) is 2.83. The third-order valence-corrected chi connectivity index (χ3v) is 4.69. The van der Waals surface area contributed by atoms with E-state index in [1.54, 1.807) is 25.4 Å². The lowest BCUT2D eigenvalue weighted by atomic mass is 10.1. The highest BCUT2D eigenvalue weighted by Gasteiger charge is 2.25. The van der Waals surface area contributed by atoms with Gasteiger partial charge in [-0.3, -0.25) is 4.98 Å². The standard InChI is InChI=1S/C11H16N2O3S/c1-13(8-10-4-6-16-9-10)17(14,15)11-3-2-5-12-7-11/h2-3,5,7,10H,4,6,8-9H2,1H3/t10-/m0/s1. The number of nitrogens with zero attached hydrogens (tertiary/aromatic N) is 2. The number of ether oxygens (including phenoxy) is 1. The van der Waals surface area contributed by atoms with Crippen molar-refractivity contribution in [2.75, 3.05) is 26.8 Å². The molecule has 1 aliphatic rings. The van der Waals surface area contributed by atoms with Gasteiger partial charge in [-0.2, -0.15) is 0 Å². The Bertz CT molecular complexity index is 455. The predicted octanol–water partition coefficient (Wildman–Crippen LogP) is 0.739. The number of rotatable bonds is 4. The molecule has 5 nitrogen and oxygen atoms in total. The fraction of sp³-hybridized carbons (Fsp3) is 0.545. The van der Waals surface area contributed by atoms with Gasteiger partial charge < -0.3 is 4.74 Å². The minimum absolute atomic E-state index is 0.237. The maximum atomic E-state index is 12.2. The van der Waals surface area contributed by atoms with E-state index in [-0.39, 0.29) is 4.90 Å². The smallest absolute Gasteiger partial charge is 0.244 e. The van der Waals surface area contributed by atoms with Crippen LogP contribution in [0.2, 0.25) is 0 Å². The van der Waals surface area contributed by atoms with Gasteiger partial charge in [0.05, 0.1) is 6.61 Å². The van der Waals surface area contributed by atoms with Gasteiger partial charge in [-0.15, -0.1) is 0 Å². The SMILES string of the molecule is CN(C[C@@H]1CCOC1)S(=O)(=O)c1cccnc1. The predicted molar refractivity (Wildman–Crippen MR) is 63.0 cm³/mol. The lowest BCUT2D eigenvalue weighted by Crippen LogP contribution is -2.32. The molecular weight excluding hydrogens is 240 g/mol. The van der Waals surface area contributed by atoms with Gasteiger partial charge in [0.25, 0.3) is 0 Å². The molecule has 0 amide bonds. The highest BCUT2D eigenvalue weighted by Crippen LogP contribution is 2.18. The Morgan fingerprint density at radius 1 is 1.59 bits per heavy atom. The first-order valence-electron chi connectivity index (χ1n) is 5.55. The molecule has 0 unspecified atom stereocenters. The Balaban J connectivity index is 2.09. The Labute approximate surface area is 101 Å². The first kappa shape index (κ1) is 12.5. The van der Waals surface area contributed by atoms with Crippen molar-refractivity contribution in [3.05, 3.63) is 24.5 Å². The summed E-state index contributed by atoms with van der Waals surface area (Å²) in [5.74, 6) is 0.298. The average Bonchev–Trinajstić information content (AvgIpc) is 2.83. The van der Waals surface area contributed by atoms with Crippen LogP contribution in [0.15, 0.2) is 29.4 Å². The van der Waals surface area contributed by atoms with Crippen molar-refractivity contribution in [2.45, 2.75) is 11.3 Å². The monoisotopic (exact) mass is 256 g/mol. The molecule has 1 fully saturated rings. The Kier molecular flexibility index (Phi) is 3.76. The van der Waals surface area contributed by atoms with Crippen LogP contribution in [-0.4, -0.2) is 44.5 Å².